The average Bonchev–Trinajstić information content (AvgIpc) is 3.19. The van der Waals surface area contributed by atoms with Gasteiger partial charge in [-0.05, 0) is 23.8 Å². The van der Waals surface area contributed by atoms with E-state index >= 15 is 0 Å². The number of aromatic nitrogens is 5. The molecule has 0 unspecified atom stereocenters. The number of furan rings is 1. The number of para-hydroxylation sites is 1. The summed E-state index contributed by atoms with van der Waals surface area (Å²) in [6.07, 6.45) is 3.08. The van der Waals surface area contributed by atoms with E-state index in [0.717, 1.165) is 5.56 Å². The van der Waals surface area contributed by atoms with Gasteiger partial charge in [0.1, 0.15) is 12.0 Å². The first-order valence-corrected chi connectivity index (χ1v) is 6.74. The van der Waals surface area contributed by atoms with Crippen LogP contribution in [0.15, 0.2) is 53.4 Å². The van der Waals surface area contributed by atoms with Gasteiger partial charge in [-0.1, -0.05) is 23.4 Å². The van der Waals surface area contributed by atoms with E-state index in [4.69, 9.17) is 10.2 Å². The Labute approximate surface area is 125 Å². The van der Waals surface area contributed by atoms with E-state index < -0.39 is 0 Å². The van der Waals surface area contributed by atoms with E-state index in [9.17, 15) is 0 Å². The van der Waals surface area contributed by atoms with Crippen molar-refractivity contribution in [3.8, 4) is 11.5 Å². The van der Waals surface area contributed by atoms with Crippen LogP contribution < -0.4 is 5.73 Å². The summed E-state index contributed by atoms with van der Waals surface area (Å²) >= 11 is 0. The van der Waals surface area contributed by atoms with Crippen molar-refractivity contribution in [2.24, 2.45) is 0 Å². The van der Waals surface area contributed by atoms with Crippen LogP contribution in [0, 0.1) is 0 Å². The van der Waals surface area contributed by atoms with Crippen LogP contribution in [0.25, 0.3) is 22.6 Å². The smallest absolute Gasteiger partial charge is 0.182 e. The first-order valence-electron chi connectivity index (χ1n) is 6.74. The Hall–Kier alpha value is -3.22. The van der Waals surface area contributed by atoms with Crippen molar-refractivity contribution in [3.05, 3.63) is 54.6 Å². The van der Waals surface area contributed by atoms with Crippen molar-refractivity contribution >= 4 is 16.9 Å². The van der Waals surface area contributed by atoms with E-state index in [-0.39, 0.29) is 0 Å². The lowest BCUT2D eigenvalue weighted by atomic mass is 10.2. The molecule has 0 saturated carbocycles. The summed E-state index contributed by atoms with van der Waals surface area (Å²) in [6, 6.07) is 11.3. The highest BCUT2D eigenvalue weighted by Crippen LogP contribution is 2.24. The molecule has 7 nitrogen and oxygen atoms in total. The molecule has 0 fully saturated rings. The molecule has 0 saturated heterocycles. The monoisotopic (exact) mass is 292 g/mol. The number of nitrogens with zero attached hydrogens (tertiary/aromatic N) is 5. The fourth-order valence-electron chi connectivity index (χ4n) is 2.33. The highest BCUT2D eigenvalue weighted by molar-refractivity contribution is 5.84. The van der Waals surface area contributed by atoms with Gasteiger partial charge in [-0.3, -0.25) is 0 Å². The number of hydrogen-bond acceptors (Lipinski definition) is 6. The molecule has 22 heavy (non-hydrogen) atoms. The van der Waals surface area contributed by atoms with Gasteiger partial charge in [-0.2, -0.15) is 0 Å². The molecule has 4 aromatic rings. The Morgan fingerprint density at radius 2 is 2.00 bits per heavy atom. The van der Waals surface area contributed by atoms with Gasteiger partial charge in [0.25, 0.3) is 0 Å². The van der Waals surface area contributed by atoms with Crippen molar-refractivity contribution < 1.29 is 4.42 Å². The second-order valence-electron chi connectivity index (χ2n) is 4.82. The van der Waals surface area contributed by atoms with Gasteiger partial charge in [-0.25, -0.2) is 14.6 Å². The lowest BCUT2D eigenvalue weighted by Crippen LogP contribution is -2.05. The summed E-state index contributed by atoms with van der Waals surface area (Å²) in [5.41, 5.74) is 9.53. The molecule has 0 aliphatic heterocycles. The number of rotatable bonds is 3. The number of benzene rings is 1. The Balaban J connectivity index is 1.81. The molecule has 1 aromatic carbocycles. The van der Waals surface area contributed by atoms with Crippen LogP contribution in [0.1, 0.15) is 5.56 Å². The van der Waals surface area contributed by atoms with Gasteiger partial charge in [-0.15, -0.1) is 5.10 Å². The zero-order valence-corrected chi connectivity index (χ0v) is 11.5. The maximum Gasteiger partial charge on any atom is 0.182 e. The molecular formula is C15H12N6O. The Bertz CT molecular complexity index is 928. The molecule has 7 heteroatoms. The molecule has 0 bridgehead atoms. The summed E-state index contributed by atoms with van der Waals surface area (Å²) in [6.45, 7) is 0.498. The summed E-state index contributed by atoms with van der Waals surface area (Å²) in [5.74, 6) is 0.638. The van der Waals surface area contributed by atoms with Crippen LogP contribution in [0.2, 0.25) is 0 Å². The van der Waals surface area contributed by atoms with Crippen molar-refractivity contribution in [3.63, 3.8) is 0 Å². The third kappa shape index (κ3) is 1.99. The van der Waals surface area contributed by atoms with Crippen molar-refractivity contribution in [2.45, 2.75) is 6.54 Å². The summed E-state index contributed by atoms with van der Waals surface area (Å²) in [4.78, 5) is 8.52. The van der Waals surface area contributed by atoms with Gasteiger partial charge < -0.3 is 10.2 Å². The minimum absolute atomic E-state index is 0.498. The zero-order valence-electron chi connectivity index (χ0n) is 11.5. The molecule has 0 aliphatic carbocycles. The van der Waals surface area contributed by atoms with E-state index in [1.807, 2.05) is 30.3 Å². The fourth-order valence-corrected chi connectivity index (χ4v) is 2.33. The number of fused-ring (bicyclic) bond motifs is 1. The summed E-state index contributed by atoms with van der Waals surface area (Å²) in [7, 11) is 0. The molecule has 3 aromatic heterocycles. The summed E-state index contributed by atoms with van der Waals surface area (Å²) in [5, 5.41) is 8.36. The first kappa shape index (κ1) is 12.5. The molecule has 0 aliphatic rings. The number of hydrogen-bond donors (Lipinski definition) is 1. The lowest BCUT2D eigenvalue weighted by Gasteiger charge is -2.05. The molecule has 0 atom stereocenters. The van der Waals surface area contributed by atoms with Gasteiger partial charge in [0, 0.05) is 5.69 Å². The Morgan fingerprint density at radius 1 is 1.09 bits per heavy atom. The number of anilines is 1. The van der Waals surface area contributed by atoms with E-state index in [0.29, 0.717) is 34.9 Å². The largest absolute Gasteiger partial charge is 0.463 e. The molecule has 4 rings (SSSR count). The SMILES string of the molecule is Nc1ccccc1Cn1nnc2c(-c3ccco3)ncnc21. The average molecular weight is 292 g/mol. The van der Waals surface area contributed by atoms with Gasteiger partial charge in [0.2, 0.25) is 0 Å². The van der Waals surface area contributed by atoms with Crippen molar-refractivity contribution in [1.29, 1.82) is 0 Å². The number of nitrogens with two attached hydrogens (primary N) is 1. The minimum Gasteiger partial charge on any atom is -0.463 e. The van der Waals surface area contributed by atoms with Crippen LogP contribution >= 0.6 is 0 Å². The molecular weight excluding hydrogens is 280 g/mol. The molecule has 0 amide bonds. The predicted molar refractivity (Wildman–Crippen MR) is 80.8 cm³/mol. The number of nitrogen functional groups attached to an aromatic ring is 1. The second-order valence-corrected chi connectivity index (χ2v) is 4.82. The third-order valence-electron chi connectivity index (χ3n) is 3.43. The predicted octanol–water partition coefficient (Wildman–Crippen LogP) is 2.11. The molecule has 2 N–H and O–H groups in total. The second kappa shape index (κ2) is 4.96. The minimum atomic E-state index is 0.498. The highest BCUT2D eigenvalue weighted by Gasteiger charge is 2.15. The normalized spacial score (nSPS) is 11.1. The van der Waals surface area contributed by atoms with Gasteiger partial charge >= 0.3 is 0 Å². The lowest BCUT2D eigenvalue weighted by molar-refractivity contribution is 0.580. The van der Waals surface area contributed by atoms with Gasteiger partial charge in [0.05, 0.1) is 12.8 Å². The Kier molecular flexibility index (Phi) is 2.82. The molecule has 108 valence electrons. The van der Waals surface area contributed by atoms with Crippen molar-refractivity contribution in [2.75, 3.05) is 5.73 Å². The highest BCUT2D eigenvalue weighted by atomic mass is 16.3. The maximum absolute atomic E-state index is 5.98. The summed E-state index contributed by atoms with van der Waals surface area (Å²) < 4.78 is 7.09. The molecule has 0 radical (unpaired) electrons. The van der Waals surface area contributed by atoms with Crippen LogP contribution in [0.5, 0.6) is 0 Å². The zero-order chi connectivity index (χ0) is 14.9. The van der Waals surface area contributed by atoms with Crippen molar-refractivity contribution in [1.82, 2.24) is 25.0 Å². The fraction of sp³-hybridized carbons (Fsp3) is 0.0667. The van der Waals surface area contributed by atoms with Crippen LogP contribution in [-0.2, 0) is 6.54 Å². The maximum atomic E-state index is 5.98. The van der Waals surface area contributed by atoms with E-state index in [2.05, 4.69) is 20.3 Å². The molecule has 3 heterocycles. The Morgan fingerprint density at radius 3 is 2.82 bits per heavy atom. The van der Waals surface area contributed by atoms with Crippen LogP contribution in [0.4, 0.5) is 5.69 Å². The van der Waals surface area contributed by atoms with Gasteiger partial charge in [0.15, 0.2) is 16.9 Å². The quantitative estimate of drug-likeness (QED) is 0.581. The van der Waals surface area contributed by atoms with Crippen LogP contribution in [0.3, 0.4) is 0 Å². The van der Waals surface area contributed by atoms with Crippen LogP contribution in [-0.4, -0.2) is 25.0 Å². The van der Waals surface area contributed by atoms with E-state index in [1.54, 1.807) is 17.0 Å². The topological polar surface area (TPSA) is 95.7 Å². The third-order valence-corrected chi connectivity index (χ3v) is 3.43. The standard InChI is InChI=1S/C15H12N6O/c16-11-5-2-1-4-10(11)8-21-15-14(19-20-21)13(17-9-18-15)12-6-3-7-22-12/h1-7,9H,8,16H2. The van der Waals surface area contributed by atoms with E-state index in [1.165, 1.54) is 6.33 Å². The molecule has 0 spiro atoms. The first-order chi connectivity index (χ1) is 10.8.